The van der Waals surface area contributed by atoms with E-state index in [2.05, 4.69) is 120 Å². The van der Waals surface area contributed by atoms with Gasteiger partial charge in [0.1, 0.15) is 11.8 Å². The van der Waals surface area contributed by atoms with Crippen LogP contribution < -0.4 is 10.4 Å². The summed E-state index contributed by atoms with van der Waals surface area (Å²) in [6, 6.07) is 23.3. The maximum absolute atomic E-state index is 6.99. The van der Waals surface area contributed by atoms with Crippen LogP contribution >= 0.6 is 0 Å². The van der Waals surface area contributed by atoms with Crippen molar-refractivity contribution in [1.82, 2.24) is 5.16 Å². The lowest BCUT2D eigenvalue weighted by atomic mass is 9.89. The van der Waals surface area contributed by atoms with Crippen LogP contribution in [0, 0.1) is 5.41 Å². The van der Waals surface area contributed by atoms with E-state index in [-0.39, 0.29) is 16.6 Å². The molecule has 0 bridgehead atoms. The Morgan fingerprint density at radius 2 is 1.43 bits per heavy atom. The molecule has 35 heavy (non-hydrogen) atoms. The van der Waals surface area contributed by atoms with Crippen molar-refractivity contribution in [3.63, 3.8) is 0 Å². The highest BCUT2D eigenvalue weighted by Gasteiger charge is 2.37. The van der Waals surface area contributed by atoms with E-state index in [9.17, 15) is 0 Å². The third-order valence-corrected chi connectivity index (χ3v) is 14.0. The van der Waals surface area contributed by atoms with Crippen LogP contribution in [0.2, 0.25) is 18.1 Å². The molecule has 0 radical (unpaired) electrons. The van der Waals surface area contributed by atoms with Gasteiger partial charge in [0.15, 0.2) is 14.1 Å². The SMILES string of the molecule is CC(C)(C)CCC(O[SiH](c1ccccc1)c1ccccc1)c1cc(CO[Si](C)(C)C(C)(C)C)no1. The fourth-order valence-corrected chi connectivity index (χ4v) is 7.01. The standard InChI is InChI=1S/C29H43NO3Si2/c1-28(2,3)20-19-26(27-21-23(30-32-27)22-31-35(7,8)29(4,5)6)33-34(24-15-11-9-12-16-24)25-17-13-10-14-18-25/h9-18,21,26,34H,19-20,22H2,1-8H3. The van der Waals surface area contributed by atoms with Gasteiger partial charge in [0.25, 0.3) is 0 Å². The highest BCUT2D eigenvalue weighted by molar-refractivity contribution is 6.80. The Morgan fingerprint density at radius 1 is 0.886 bits per heavy atom. The van der Waals surface area contributed by atoms with E-state index in [1.54, 1.807) is 0 Å². The zero-order valence-electron chi connectivity index (χ0n) is 22.8. The predicted molar refractivity (Wildman–Crippen MR) is 150 cm³/mol. The molecule has 0 amide bonds. The summed E-state index contributed by atoms with van der Waals surface area (Å²) in [4.78, 5) is 0. The topological polar surface area (TPSA) is 44.5 Å². The second kappa shape index (κ2) is 11.4. The molecule has 6 heteroatoms. The van der Waals surface area contributed by atoms with Gasteiger partial charge in [0.2, 0.25) is 9.04 Å². The summed E-state index contributed by atoms with van der Waals surface area (Å²) in [6.07, 6.45) is 1.75. The summed E-state index contributed by atoms with van der Waals surface area (Å²) < 4.78 is 19.3. The van der Waals surface area contributed by atoms with Crippen LogP contribution in [0.15, 0.2) is 71.3 Å². The Labute approximate surface area is 214 Å². The Bertz CT molecular complexity index is 998. The molecule has 0 N–H and O–H groups in total. The van der Waals surface area contributed by atoms with Crippen molar-refractivity contribution in [2.75, 3.05) is 0 Å². The number of rotatable bonds is 10. The zero-order valence-corrected chi connectivity index (χ0v) is 25.0. The monoisotopic (exact) mass is 509 g/mol. The Kier molecular flexibility index (Phi) is 8.97. The quantitative estimate of drug-likeness (QED) is 0.288. The van der Waals surface area contributed by atoms with Crippen LogP contribution in [-0.2, 0) is 15.5 Å². The fourth-order valence-electron chi connectivity index (χ4n) is 3.63. The Hall–Kier alpha value is -2.00. The molecule has 0 saturated carbocycles. The van der Waals surface area contributed by atoms with E-state index in [0.717, 1.165) is 24.3 Å². The van der Waals surface area contributed by atoms with Crippen LogP contribution in [0.3, 0.4) is 0 Å². The van der Waals surface area contributed by atoms with E-state index in [4.69, 9.17) is 13.4 Å². The second-order valence-electron chi connectivity index (χ2n) is 12.2. The molecule has 2 aromatic carbocycles. The van der Waals surface area contributed by atoms with Gasteiger partial charge >= 0.3 is 0 Å². The number of benzene rings is 2. The molecule has 0 fully saturated rings. The third-order valence-electron chi connectivity index (χ3n) is 6.94. The second-order valence-corrected chi connectivity index (χ2v) is 19.4. The lowest BCUT2D eigenvalue weighted by Crippen LogP contribution is -2.45. The molecule has 1 heterocycles. The molecule has 0 aliphatic carbocycles. The average Bonchev–Trinajstić information content (AvgIpc) is 3.27. The van der Waals surface area contributed by atoms with Gasteiger partial charge in [-0.3, -0.25) is 0 Å². The first kappa shape index (κ1) is 27.6. The third kappa shape index (κ3) is 8.00. The van der Waals surface area contributed by atoms with Crippen LogP contribution in [0.5, 0.6) is 0 Å². The summed E-state index contributed by atoms with van der Waals surface area (Å²) in [5, 5.41) is 7.06. The van der Waals surface area contributed by atoms with Gasteiger partial charge in [-0.2, -0.15) is 0 Å². The van der Waals surface area contributed by atoms with Crippen molar-refractivity contribution in [1.29, 1.82) is 0 Å². The lowest BCUT2D eigenvalue weighted by molar-refractivity contribution is 0.142. The number of hydrogen-bond donors (Lipinski definition) is 0. The van der Waals surface area contributed by atoms with Crippen molar-refractivity contribution in [2.24, 2.45) is 5.41 Å². The van der Waals surface area contributed by atoms with Crippen molar-refractivity contribution in [3.8, 4) is 0 Å². The summed E-state index contributed by atoms with van der Waals surface area (Å²) in [5.74, 6) is 0.799. The molecule has 1 unspecified atom stereocenters. The van der Waals surface area contributed by atoms with Gasteiger partial charge in [-0.1, -0.05) is 107 Å². The van der Waals surface area contributed by atoms with E-state index >= 15 is 0 Å². The zero-order chi connectivity index (χ0) is 25.7. The molecular weight excluding hydrogens is 466 g/mol. The van der Waals surface area contributed by atoms with Crippen molar-refractivity contribution in [3.05, 3.63) is 78.2 Å². The summed E-state index contributed by atoms with van der Waals surface area (Å²) >= 11 is 0. The molecule has 1 atom stereocenters. The molecule has 0 aliphatic rings. The van der Waals surface area contributed by atoms with Crippen molar-refractivity contribution >= 4 is 27.7 Å². The van der Waals surface area contributed by atoms with Crippen molar-refractivity contribution in [2.45, 2.75) is 85.2 Å². The molecule has 3 rings (SSSR count). The molecule has 0 spiro atoms. The van der Waals surface area contributed by atoms with Crippen LogP contribution in [0.25, 0.3) is 0 Å². The molecule has 190 valence electrons. The highest BCUT2D eigenvalue weighted by Crippen LogP contribution is 2.37. The first-order chi connectivity index (χ1) is 16.4. The molecule has 0 saturated heterocycles. The molecule has 0 aliphatic heterocycles. The smallest absolute Gasteiger partial charge is 0.240 e. The molecule has 1 aromatic heterocycles. The highest BCUT2D eigenvalue weighted by atomic mass is 28.4. The van der Waals surface area contributed by atoms with Crippen LogP contribution in [-0.4, -0.2) is 22.5 Å². The number of nitrogens with zero attached hydrogens (tertiary/aromatic N) is 1. The Morgan fingerprint density at radius 3 is 1.91 bits per heavy atom. The summed E-state index contributed by atoms with van der Waals surface area (Å²) in [7, 11) is -3.80. The van der Waals surface area contributed by atoms with Crippen LogP contribution in [0.4, 0.5) is 0 Å². The van der Waals surface area contributed by atoms with Crippen LogP contribution in [0.1, 0.15) is 71.9 Å². The van der Waals surface area contributed by atoms with Gasteiger partial charge in [0.05, 0.1) is 6.61 Å². The normalized spacial score (nSPS) is 13.9. The maximum atomic E-state index is 6.99. The first-order valence-electron chi connectivity index (χ1n) is 12.7. The largest absolute Gasteiger partial charge is 0.411 e. The van der Waals surface area contributed by atoms with E-state index in [1.807, 2.05) is 6.07 Å². The lowest BCUT2D eigenvalue weighted by Gasteiger charge is -2.35. The Balaban J connectivity index is 1.86. The number of aromatic nitrogens is 1. The van der Waals surface area contributed by atoms with E-state index in [0.29, 0.717) is 6.61 Å². The minimum atomic E-state index is -1.93. The van der Waals surface area contributed by atoms with Gasteiger partial charge in [-0.15, -0.1) is 0 Å². The van der Waals surface area contributed by atoms with E-state index < -0.39 is 17.4 Å². The number of hydrogen-bond acceptors (Lipinski definition) is 4. The average molecular weight is 510 g/mol. The summed E-state index contributed by atoms with van der Waals surface area (Å²) in [6.45, 7) is 18.6. The minimum Gasteiger partial charge on any atom is -0.411 e. The minimum absolute atomic E-state index is 0.152. The predicted octanol–water partition coefficient (Wildman–Crippen LogP) is 6.62. The summed E-state index contributed by atoms with van der Waals surface area (Å²) in [5.41, 5.74) is 1.04. The van der Waals surface area contributed by atoms with Gasteiger partial charge in [-0.25, -0.2) is 0 Å². The molecule has 3 aromatic rings. The first-order valence-corrected chi connectivity index (χ1v) is 17.2. The van der Waals surface area contributed by atoms with Gasteiger partial charge < -0.3 is 13.4 Å². The molecular formula is C29H43NO3Si2. The molecule has 4 nitrogen and oxygen atoms in total. The maximum Gasteiger partial charge on any atom is 0.240 e. The van der Waals surface area contributed by atoms with Crippen molar-refractivity contribution < 1.29 is 13.4 Å². The van der Waals surface area contributed by atoms with Gasteiger partial charge in [0, 0.05) is 6.07 Å². The van der Waals surface area contributed by atoms with E-state index in [1.165, 1.54) is 10.4 Å². The van der Waals surface area contributed by atoms with Gasteiger partial charge in [-0.05, 0) is 46.8 Å². The fraction of sp³-hybridized carbons (Fsp3) is 0.483.